The number of nitro groups is 1. The van der Waals surface area contributed by atoms with Crippen molar-refractivity contribution in [2.45, 2.75) is 26.3 Å². The number of hydrogen-bond acceptors (Lipinski definition) is 3. The monoisotopic (exact) mass is 263 g/mol. The molecule has 0 bridgehead atoms. The molecule has 0 fully saturated rings. The topological polar surface area (TPSA) is 61.0 Å². The Kier molecular flexibility index (Phi) is 3.89. The van der Waals surface area contributed by atoms with Gasteiger partial charge in [0.1, 0.15) is 5.82 Å². The van der Waals surface area contributed by atoms with Crippen LogP contribution >= 0.6 is 0 Å². The lowest BCUT2D eigenvalue weighted by Gasteiger charge is -2.07. The maximum absolute atomic E-state index is 13.5. The van der Waals surface area contributed by atoms with Crippen LogP contribution in [0.4, 0.5) is 10.1 Å². The van der Waals surface area contributed by atoms with E-state index >= 15 is 0 Å². The molecule has 0 aliphatic carbocycles. The highest BCUT2D eigenvalue weighted by Gasteiger charge is 2.14. The van der Waals surface area contributed by atoms with Gasteiger partial charge in [-0.05, 0) is 18.1 Å². The summed E-state index contributed by atoms with van der Waals surface area (Å²) < 4.78 is 15.4. The van der Waals surface area contributed by atoms with Gasteiger partial charge in [-0.25, -0.2) is 4.98 Å². The second-order valence-electron chi connectivity index (χ2n) is 4.26. The van der Waals surface area contributed by atoms with E-state index in [2.05, 4.69) is 11.9 Å². The number of nitro benzene ring substituents is 1. The summed E-state index contributed by atoms with van der Waals surface area (Å²) in [6.45, 7) is 2.52. The van der Waals surface area contributed by atoms with Crippen LogP contribution in [0.3, 0.4) is 0 Å². The van der Waals surface area contributed by atoms with Crippen LogP contribution in [0.15, 0.2) is 30.6 Å². The van der Waals surface area contributed by atoms with E-state index in [0.717, 1.165) is 18.7 Å². The van der Waals surface area contributed by atoms with Crippen LogP contribution in [0.1, 0.15) is 24.7 Å². The molecule has 5 nitrogen and oxygen atoms in total. The number of nitrogens with zero attached hydrogens (tertiary/aromatic N) is 3. The minimum Gasteiger partial charge on any atom is -0.331 e. The Bertz CT molecular complexity index is 595. The summed E-state index contributed by atoms with van der Waals surface area (Å²) in [6.07, 6.45) is 5.35. The van der Waals surface area contributed by atoms with Crippen molar-refractivity contribution >= 4 is 5.69 Å². The highest BCUT2D eigenvalue weighted by atomic mass is 19.1. The summed E-state index contributed by atoms with van der Waals surface area (Å²) in [6, 6.07) is 3.96. The molecule has 0 N–H and O–H groups in total. The molecule has 0 radical (unpaired) electrons. The summed E-state index contributed by atoms with van der Waals surface area (Å²) in [4.78, 5) is 14.0. The fraction of sp³-hybridized carbons (Fsp3) is 0.308. The fourth-order valence-corrected chi connectivity index (χ4v) is 1.93. The molecule has 6 heteroatoms. The second-order valence-corrected chi connectivity index (χ2v) is 4.26. The van der Waals surface area contributed by atoms with E-state index in [1.54, 1.807) is 12.3 Å². The predicted molar refractivity (Wildman–Crippen MR) is 68.4 cm³/mol. The average molecular weight is 263 g/mol. The molecule has 0 aliphatic heterocycles. The molecule has 0 amide bonds. The van der Waals surface area contributed by atoms with Crippen molar-refractivity contribution in [1.29, 1.82) is 0 Å². The maximum Gasteiger partial charge on any atom is 0.304 e. The van der Waals surface area contributed by atoms with Crippen LogP contribution in [0, 0.1) is 15.9 Å². The van der Waals surface area contributed by atoms with Crippen LogP contribution in [0.25, 0.3) is 0 Å². The molecule has 0 aliphatic rings. The molecule has 2 aromatic rings. The van der Waals surface area contributed by atoms with Crippen molar-refractivity contribution in [3.63, 3.8) is 0 Å². The smallest absolute Gasteiger partial charge is 0.304 e. The van der Waals surface area contributed by atoms with Crippen LogP contribution in [-0.4, -0.2) is 14.5 Å². The molecule has 2 rings (SSSR count). The largest absolute Gasteiger partial charge is 0.331 e. The van der Waals surface area contributed by atoms with E-state index < -0.39 is 16.4 Å². The summed E-state index contributed by atoms with van der Waals surface area (Å²) >= 11 is 0. The number of aryl methyl sites for hydroxylation is 1. The second kappa shape index (κ2) is 5.60. The van der Waals surface area contributed by atoms with Crippen molar-refractivity contribution in [3.05, 3.63) is 57.9 Å². The molecular formula is C13H14FN3O2. The molecule has 0 unspecified atom stereocenters. The van der Waals surface area contributed by atoms with E-state index in [0.29, 0.717) is 12.1 Å². The Hall–Kier alpha value is -2.24. The van der Waals surface area contributed by atoms with Gasteiger partial charge in [0.2, 0.25) is 5.82 Å². The SMILES string of the molecule is CCCc1nccn1Cc1ccc([N+](=O)[O-])c(F)c1. The molecule has 1 aromatic carbocycles. The molecule has 1 heterocycles. The van der Waals surface area contributed by atoms with E-state index in [4.69, 9.17) is 0 Å². The number of hydrogen-bond donors (Lipinski definition) is 0. The highest BCUT2D eigenvalue weighted by Crippen LogP contribution is 2.19. The summed E-state index contributed by atoms with van der Waals surface area (Å²) in [5, 5.41) is 10.5. The van der Waals surface area contributed by atoms with Crippen molar-refractivity contribution in [3.8, 4) is 0 Å². The molecule has 100 valence electrons. The number of halogens is 1. The lowest BCUT2D eigenvalue weighted by molar-refractivity contribution is -0.387. The van der Waals surface area contributed by atoms with Gasteiger partial charge in [0, 0.05) is 31.4 Å². The highest BCUT2D eigenvalue weighted by molar-refractivity contribution is 5.35. The van der Waals surface area contributed by atoms with Gasteiger partial charge < -0.3 is 4.57 Å². The van der Waals surface area contributed by atoms with Crippen molar-refractivity contribution in [2.75, 3.05) is 0 Å². The molecule has 0 saturated heterocycles. The molecule has 0 saturated carbocycles. The molecule has 1 aromatic heterocycles. The molecule has 0 spiro atoms. The van der Waals surface area contributed by atoms with Gasteiger partial charge in [0.25, 0.3) is 0 Å². The van der Waals surface area contributed by atoms with E-state index in [1.165, 1.54) is 12.1 Å². The number of rotatable bonds is 5. The minimum absolute atomic E-state index is 0.463. The third-order valence-electron chi connectivity index (χ3n) is 2.84. The summed E-state index contributed by atoms with van der Waals surface area (Å²) in [7, 11) is 0. The van der Waals surface area contributed by atoms with Gasteiger partial charge in [0.15, 0.2) is 0 Å². The third kappa shape index (κ3) is 2.96. The number of benzene rings is 1. The van der Waals surface area contributed by atoms with Gasteiger partial charge in [-0.2, -0.15) is 4.39 Å². The first-order valence-electron chi connectivity index (χ1n) is 6.04. The Morgan fingerprint density at radius 3 is 2.89 bits per heavy atom. The van der Waals surface area contributed by atoms with E-state index in [9.17, 15) is 14.5 Å². The quantitative estimate of drug-likeness (QED) is 0.615. The average Bonchev–Trinajstić information content (AvgIpc) is 2.77. The van der Waals surface area contributed by atoms with Gasteiger partial charge >= 0.3 is 5.69 Å². The first-order chi connectivity index (χ1) is 9.11. The van der Waals surface area contributed by atoms with E-state index in [1.807, 2.05) is 10.8 Å². The van der Waals surface area contributed by atoms with Crippen molar-refractivity contribution in [2.24, 2.45) is 0 Å². The summed E-state index contributed by atoms with van der Waals surface area (Å²) in [5.41, 5.74) is 0.182. The van der Waals surface area contributed by atoms with Crippen LogP contribution in [0.2, 0.25) is 0 Å². The Labute approximate surface area is 109 Å². The predicted octanol–water partition coefficient (Wildman–Crippen LogP) is 2.93. The van der Waals surface area contributed by atoms with Gasteiger partial charge in [0.05, 0.1) is 4.92 Å². The van der Waals surface area contributed by atoms with Gasteiger partial charge in [-0.15, -0.1) is 0 Å². The zero-order valence-electron chi connectivity index (χ0n) is 10.5. The minimum atomic E-state index is -0.806. The van der Waals surface area contributed by atoms with Crippen molar-refractivity contribution < 1.29 is 9.31 Å². The van der Waals surface area contributed by atoms with Crippen LogP contribution < -0.4 is 0 Å². The Morgan fingerprint density at radius 2 is 2.26 bits per heavy atom. The van der Waals surface area contributed by atoms with Crippen molar-refractivity contribution in [1.82, 2.24) is 9.55 Å². The lowest BCUT2D eigenvalue weighted by Crippen LogP contribution is -2.05. The number of aromatic nitrogens is 2. The first-order valence-corrected chi connectivity index (χ1v) is 6.04. The number of imidazole rings is 1. The standard InChI is InChI=1S/C13H14FN3O2/c1-2-3-13-15-6-7-16(13)9-10-4-5-12(17(18)19)11(14)8-10/h4-8H,2-3,9H2,1H3. The third-order valence-corrected chi connectivity index (χ3v) is 2.84. The lowest BCUT2D eigenvalue weighted by atomic mass is 10.2. The first kappa shape index (κ1) is 13.2. The van der Waals surface area contributed by atoms with Crippen LogP contribution in [-0.2, 0) is 13.0 Å². The van der Waals surface area contributed by atoms with E-state index in [-0.39, 0.29) is 0 Å². The summed E-state index contributed by atoms with van der Waals surface area (Å²) in [5.74, 6) is 0.126. The fourth-order valence-electron chi connectivity index (χ4n) is 1.93. The maximum atomic E-state index is 13.5. The Balaban J connectivity index is 2.21. The normalized spacial score (nSPS) is 10.6. The molecule has 19 heavy (non-hydrogen) atoms. The van der Waals surface area contributed by atoms with Crippen LogP contribution in [0.5, 0.6) is 0 Å². The van der Waals surface area contributed by atoms with Gasteiger partial charge in [-0.3, -0.25) is 10.1 Å². The molecular weight excluding hydrogens is 249 g/mol. The zero-order valence-corrected chi connectivity index (χ0v) is 10.5. The van der Waals surface area contributed by atoms with Gasteiger partial charge in [-0.1, -0.05) is 13.0 Å². The molecule has 0 atom stereocenters. The zero-order chi connectivity index (χ0) is 13.8. The Morgan fingerprint density at radius 1 is 1.47 bits per heavy atom.